The van der Waals surface area contributed by atoms with Gasteiger partial charge in [-0.2, -0.15) is 0 Å². The second-order valence-electron chi connectivity index (χ2n) is 7.02. The first-order chi connectivity index (χ1) is 12.6. The van der Waals surface area contributed by atoms with E-state index in [1.807, 2.05) is 42.2 Å². The third-order valence-corrected chi connectivity index (χ3v) is 5.10. The Balaban J connectivity index is 1.73. The summed E-state index contributed by atoms with van der Waals surface area (Å²) in [4.78, 5) is 27.5. The smallest absolute Gasteiger partial charge is 0.252 e. The highest BCUT2D eigenvalue weighted by Gasteiger charge is 2.29. The molecule has 0 aliphatic carbocycles. The highest BCUT2D eigenvalue weighted by Crippen LogP contribution is 2.18. The number of carbonyl (C=O) groups is 2. The molecule has 0 bridgehead atoms. The number of benzene rings is 2. The zero-order valence-electron chi connectivity index (χ0n) is 15.5. The molecule has 3 rings (SSSR count). The van der Waals surface area contributed by atoms with Gasteiger partial charge in [0.2, 0.25) is 5.91 Å². The summed E-state index contributed by atoms with van der Waals surface area (Å²) < 4.78 is 0. The van der Waals surface area contributed by atoms with Crippen LogP contribution in [-0.4, -0.2) is 29.3 Å². The lowest BCUT2D eigenvalue weighted by Gasteiger charge is -2.26. The van der Waals surface area contributed by atoms with Crippen molar-refractivity contribution >= 4 is 11.8 Å². The van der Waals surface area contributed by atoms with E-state index in [9.17, 15) is 9.59 Å². The highest BCUT2D eigenvalue weighted by atomic mass is 16.2. The van der Waals surface area contributed by atoms with Crippen molar-refractivity contribution in [3.63, 3.8) is 0 Å². The Morgan fingerprint density at radius 1 is 1.04 bits per heavy atom. The fraction of sp³-hybridized carbons (Fsp3) is 0.364. The van der Waals surface area contributed by atoms with Crippen molar-refractivity contribution in [2.45, 2.75) is 45.7 Å². The van der Waals surface area contributed by atoms with Crippen molar-refractivity contribution in [1.82, 2.24) is 10.2 Å². The first kappa shape index (κ1) is 18.2. The molecular weight excluding hydrogens is 324 g/mol. The minimum Gasteiger partial charge on any atom is -0.340 e. The fourth-order valence-corrected chi connectivity index (χ4v) is 3.45. The Bertz CT molecular complexity index is 800. The largest absolute Gasteiger partial charge is 0.340 e. The third kappa shape index (κ3) is 4.13. The summed E-state index contributed by atoms with van der Waals surface area (Å²) in [5.41, 5.74) is 3.90. The van der Waals surface area contributed by atoms with Crippen molar-refractivity contribution < 1.29 is 9.59 Å². The van der Waals surface area contributed by atoms with Crippen molar-refractivity contribution in [2.24, 2.45) is 0 Å². The highest BCUT2D eigenvalue weighted by molar-refractivity contribution is 5.98. The molecule has 1 unspecified atom stereocenters. The number of nitrogens with one attached hydrogen (secondary N) is 1. The van der Waals surface area contributed by atoms with E-state index in [2.05, 4.69) is 24.4 Å². The number of likely N-dealkylation sites (tertiary alicyclic amines) is 1. The first-order valence-corrected chi connectivity index (χ1v) is 9.26. The van der Waals surface area contributed by atoms with Gasteiger partial charge in [-0.3, -0.25) is 9.59 Å². The number of rotatable bonds is 4. The Hall–Kier alpha value is -2.62. The average Bonchev–Trinajstić information content (AvgIpc) is 2.80. The van der Waals surface area contributed by atoms with Crippen LogP contribution in [-0.2, 0) is 11.3 Å². The van der Waals surface area contributed by atoms with Gasteiger partial charge in [-0.25, -0.2) is 0 Å². The van der Waals surface area contributed by atoms with Gasteiger partial charge in [0.05, 0.1) is 0 Å². The van der Waals surface area contributed by atoms with Crippen LogP contribution in [0.1, 0.15) is 46.3 Å². The molecule has 1 N–H and O–H groups in total. The molecule has 2 amide bonds. The quantitative estimate of drug-likeness (QED) is 0.916. The monoisotopic (exact) mass is 350 g/mol. The van der Waals surface area contributed by atoms with Gasteiger partial charge in [0.1, 0.15) is 6.04 Å². The minimum absolute atomic E-state index is 0.0210. The topological polar surface area (TPSA) is 49.4 Å². The molecule has 1 saturated heterocycles. The van der Waals surface area contributed by atoms with E-state index in [1.54, 1.807) is 6.07 Å². The van der Waals surface area contributed by atoms with Gasteiger partial charge in [-0.15, -0.1) is 0 Å². The van der Waals surface area contributed by atoms with Crippen LogP contribution in [0, 0.1) is 13.8 Å². The molecule has 0 aromatic heterocycles. The molecule has 136 valence electrons. The molecule has 1 aliphatic rings. The molecule has 4 nitrogen and oxygen atoms in total. The van der Waals surface area contributed by atoms with E-state index in [0.717, 1.165) is 30.5 Å². The Morgan fingerprint density at radius 2 is 1.73 bits per heavy atom. The lowest BCUT2D eigenvalue weighted by atomic mass is 10.1. The Labute approximate surface area is 155 Å². The number of carbonyl (C=O) groups excluding carboxylic acids is 2. The standard InChI is InChI=1S/C22H26N2O2/c1-16-9-3-5-11-18(16)15-24-14-8-7-13-20(22(24)26)23-21(25)19-12-6-4-10-17(19)2/h3-6,9-12,20H,7-8,13-15H2,1-2H3,(H,23,25). The van der Waals surface area contributed by atoms with E-state index in [-0.39, 0.29) is 11.8 Å². The number of hydrogen-bond acceptors (Lipinski definition) is 2. The predicted octanol–water partition coefficient (Wildman–Crippen LogP) is 3.61. The summed E-state index contributed by atoms with van der Waals surface area (Å²) in [5.74, 6) is -0.146. The van der Waals surface area contributed by atoms with Crippen molar-refractivity contribution in [1.29, 1.82) is 0 Å². The summed E-state index contributed by atoms with van der Waals surface area (Å²) in [7, 11) is 0. The number of hydrogen-bond donors (Lipinski definition) is 1. The molecule has 0 radical (unpaired) electrons. The van der Waals surface area contributed by atoms with Gasteiger partial charge in [0.25, 0.3) is 5.91 Å². The van der Waals surface area contributed by atoms with E-state index >= 15 is 0 Å². The maximum absolute atomic E-state index is 13.0. The number of nitrogens with zero attached hydrogens (tertiary/aromatic N) is 1. The van der Waals surface area contributed by atoms with Crippen LogP contribution in [0.4, 0.5) is 0 Å². The van der Waals surface area contributed by atoms with E-state index in [0.29, 0.717) is 18.5 Å². The molecule has 0 saturated carbocycles. The summed E-state index contributed by atoms with van der Waals surface area (Å²) in [6.45, 7) is 5.32. The molecule has 2 aromatic rings. The minimum atomic E-state index is -0.450. The van der Waals surface area contributed by atoms with Crippen molar-refractivity contribution in [3.05, 3.63) is 70.8 Å². The van der Waals surface area contributed by atoms with E-state index in [1.165, 1.54) is 5.56 Å². The number of amides is 2. The molecule has 1 fully saturated rings. The zero-order valence-corrected chi connectivity index (χ0v) is 15.5. The van der Waals surface area contributed by atoms with Crippen LogP contribution >= 0.6 is 0 Å². The zero-order chi connectivity index (χ0) is 18.5. The third-order valence-electron chi connectivity index (χ3n) is 5.10. The fourth-order valence-electron chi connectivity index (χ4n) is 3.45. The van der Waals surface area contributed by atoms with Crippen LogP contribution in [0.3, 0.4) is 0 Å². The van der Waals surface area contributed by atoms with Crippen molar-refractivity contribution in [3.8, 4) is 0 Å². The molecular formula is C22H26N2O2. The van der Waals surface area contributed by atoms with Gasteiger partial charge in [0.15, 0.2) is 0 Å². The summed E-state index contributed by atoms with van der Waals surface area (Å²) in [6.07, 6.45) is 2.60. The number of aryl methyl sites for hydroxylation is 2. The maximum Gasteiger partial charge on any atom is 0.252 e. The molecule has 1 atom stereocenters. The first-order valence-electron chi connectivity index (χ1n) is 9.26. The molecule has 1 heterocycles. The Morgan fingerprint density at radius 3 is 2.46 bits per heavy atom. The Kier molecular flexibility index (Phi) is 5.71. The van der Waals surface area contributed by atoms with Gasteiger partial charge < -0.3 is 10.2 Å². The average molecular weight is 350 g/mol. The van der Waals surface area contributed by atoms with Crippen LogP contribution in [0.25, 0.3) is 0 Å². The van der Waals surface area contributed by atoms with Crippen LogP contribution in [0.15, 0.2) is 48.5 Å². The molecule has 2 aromatic carbocycles. The summed E-state index contributed by atoms with van der Waals surface area (Å²) in [5, 5.41) is 2.97. The molecule has 4 heteroatoms. The molecule has 26 heavy (non-hydrogen) atoms. The van der Waals surface area contributed by atoms with Gasteiger partial charge in [-0.1, -0.05) is 42.5 Å². The summed E-state index contributed by atoms with van der Waals surface area (Å²) in [6, 6.07) is 15.2. The maximum atomic E-state index is 13.0. The molecule has 1 aliphatic heterocycles. The van der Waals surface area contributed by atoms with E-state index < -0.39 is 6.04 Å². The second kappa shape index (κ2) is 8.17. The van der Waals surface area contributed by atoms with Crippen LogP contribution in [0.5, 0.6) is 0 Å². The van der Waals surface area contributed by atoms with Crippen molar-refractivity contribution in [2.75, 3.05) is 6.54 Å². The van der Waals surface area contributed by atoms with Crippen LogP contribution in [0.2, 0.25) is 0 Å². The summed E-state index contributed by atoms with van der Waals surface area (Å²) >= 11 is 0. The normalized spacial score (nSPS) is 17.7. The SMILES string of the molecule is Cc1ccccc1CN1CCCCC(NC(=O)c2ccccc2C)C1=O. The van der Waals surface area contributed by atoms with Gasteiger partial charge in [-0.05, 0) is 55.9 Å². The molecule has 0 spiro atoms. The van der Waals surface area contributed by atoms with E-state index in [4.69, 9.17) is 0 Å². The van der Waals surface area contributed by atoms with Gasteiger partial charge >= 0.3 is 0 Å². The predicted molar refractivity (Wildman–Crippen MR) is 103 cm³/mol. The lowest BCUT2D eigenvalue weighted by Crippen LogP contribution is -2.47. The van der Waals surface area contributed by atoms with Crippen LogP contribution < -0.4 is 5.32 Å². The second-order valence-corrected chi connectivity index (χ2v) is 7.02. The lowest BCUT2D eigenvalue weighted by molar-refractivity contribution is -0.133. The van der Waals surface area contributed by atoms with Gasteiger partial charge in [0, 0.05) is 18.7 Å².